The van der Waals surface area contributed by atoms with Gasteiger partial charge in [0.25, 0.3) is 0 Å². The summed E-state index contributed by atoms with van der Waals surface area (Å²) < 4.78 is 3.37. The van der Waals surface area contributed by atoms with E-state index < -0.39 is 0 Å². The predicted octanol–water partition coefficient (Wildman–Crippen LogP) is 2.81. The highest BCUT2D eigenvalue weighted by Gasteiger charge is 2.11. The van der Waals surface area contributed by atoms with Crippen molar-refractivity contribution < 1.29 is 0 Å². The van der Waals surface area contributed by atoms with E-state index >= 15 is 0 Å². The summed E-state index contributed by atoms with van der Waals surface area (Å²) in [6, 6.07) is 16.0. The normalized spacial score (nSPS) is 11.1. The molecule has 5 aromatic rings. The van der Waals surface area contributed by atoms with Crippen LogP contribution in [-0.4, -0.2) is 34.7 Å². The van der Waals surface area contributed by atoms with E-state index in [0.717, 1.165) is 33.2 Å². The number of benzene rings is 1. The lowest BCUT2D eigenvalue weighted by Crippen LogP contribution is -2.03. The van der Waals surface area contributed by atoms with Crippen molar-refractivity contribution in [3.63, 3.8) is 0 Å². The van der Waals surface area contributed by atoms with Crippen LogP contribution in [0.25, 0.3) is 33.3 Å². The van der Waals surface area contributed by atoms with Crippen LogP contribution in [0.2, 0.25) is 0 Å². The van der Waals surface area contributed by atoms with Gasteiger partial charge in [0.2, 0.25) is 0 Å². The van der Waals surface area contributed by atoms with Gasteiger partial charge in [-0.25, -0.2) is 9.67 Å². The third-order valence-corrected chi connectivity index (χ3v) is 4.52. The summed E-state index contributed by atoms with van der Waals surface area (Å²) in [5.41, 5.74) is 5.11. The number of hydrogen-bond donors (Lipinski definition) is 0. The van der Waals surface area contributed by atoms with Crippen molar-refractivity contribution in [2.75, 3.05) is 0 Å². The van der Waals surface area contributed by atoms with Gasteiger partial charge in [0.1, 0.15) is 12.1 Å². The first-order chi connectivity index (χ1) is 13.8. The summed E-state index contributed by atoms with van der Waals surface area (Å²) in [5, 5.41) is 22.6. The highest BCUT2D eigenvalue weighted by molar-refractivity contribution is 5.79. The van der Waals surface area contributed by atoms with E-state index in [1.54, 1.807) is 21.8 Å². The Hall–Kier alpha value is -4.12. The van der Waals surface area contributed by atoms with E-state index in [0.29, 0.717) is 12.2 Å². The van der Waals surface area contributed by atoms with Gasteiger partial charge in [0.15, 0.2) is 5.65 Å². The number of hydrogen-bond acceptors (Lipinski definition) is 6. The van der Waals surface area contributed by atoms with Gasteiger partial charge in [-0.05, 0) is 35.9 Å². The molecule has 0 amide bonds. The lowest BCUT2D eigenvalue weighted by molar-refractivity contribution is 0.665. The molecule has 0 saturated heterocycles. The SMILES string of the molecule is N#CCn1cc(-c2ccc3nnn(Cc4ccc5ncccc5c4)c3n2)cn1. The zero-order valence-corrected chi connectivity index (χ0v) is 14.8. The molecule has 5 rings (SSSR count). The number of rotatable bonds is 4. The van der Waals surface area contributed by atoms with Gasteiger partial charge >= 0.3 is 0 Å². The number of nitrogens with zero attached hydrogens (tertiary/aromatic N) is 8. The maximum absolute atomic E-state index is 8.81. The first kappa shape index (κ1) is 16.1. The Morgan fingerprint density at radius 1 is 1.07 bits per heavy atom. The van der Waals surface area contributed by atoms with Gasteiger partial charge in [-0.2, -0.15) is 10.4 Å². The van der Waals surface area contributed by atoms with E-state index in [1.807, 2.05) is 42.6 Å². The Kier molecular flexibility index (Phi) is 3.76. The molecular weight excluding hydrogens is 352 g/mol. The average molecular weight is 366 g/mol. The summed E-state index contributed by atoms with van der Waals surface area (Å²) in [4.78, 5) is 9.08. The molecule has 4 heterocycles. The minimum Gasteiger partial charge on any atom is -0.258 e. The summed E-state index contributed by atoms with van der Waals surface area (Å²) in [7, 11) is 0. The molecule has 0 aliphatic heterocycles. The first-order valence-corrected chi connectivity index (χ1v) is 8.74. The fraction of sp³-hybridized carbons (Fsp3) is 0.100. The van der Waals surface area contributed by atoms with E-state index in [9.17, 15) is 0 Å². The van der Waals surface area contributed by atoms with Gasteiger partial charge in [-0.1, -0.05) is 17.3 Å². The van der Waals surface area contributed by atoms with Crippen LogP contribution < -0.4 is 0 Å². The van der Waals surface area contributed by atoms with E-state index in [1.165, 1.54) is 0 Å². The second-order valence-electron chi connectivity index (χ2n) is 6.40. The molecule has 28 heavy (non-hydrogen) atoms. The zero-order chi connectivity index (χ0) is 18.9. The molecule has 0 saturated carbocycles. The molecule has 1 aromatic carbocycles. The number of pyridine rings is 2. The van der Waals surface area contributed by atoms with Gasteiger partial charge in [-0.15, -0.1) is 5.10 Å². The minimum atomic E-state index is 0.207. The monoisotopic (exact) mass is 366 g/mol. The van der Waals surface area contributed by atoms with Crippen LogP contribution in [-0.2, 0) is 13.1 Å². The molecule has 0 bridgehead atoms. The number of fused-ring (bicyclic) bond motifs is 2. The molecule has 0 N–H and O–H groups in total. The summed E-state index contributed by atoms with van der Waals surface area (Å²) in [6.07, 6.45) is 5.30. The molecule has 0 atom stereocenters. The fourth-order valence-corrected chi connectivity index (χ4v) is 3.17. The van der Waals surface area contributed by atoms with Crippen LogP contribution in [0.4, 0.5) is 0 Å². The van der Waals surface area contributed by atoms with Crippen molar-refractivity contribution in [1.29, 1.82) is 5.26 Å². The maximum Gasteiger partial charge on any atom is 0.179 e. The standard InChI is InChI=1S/C20H14N8/c21-7-9-27-13-16(11-23-27)18-5-6-19-20(24-18)28(26-25-19)12-14-3-4-17-15(10-14)2-1-8-22-17/h1-6,8,10-11,13H,9,12H2. The number of aromatic nitrogens is 7. The molecule has 4 aromatic heterocycles. The number of nitriles is 1. The van der Waals surface area contributed by atoms with Crippen molar-refractivity contribution in [2.24, 2.45) is 0 Å². The van der Waals surface area contributed by atoms with Crippen molar-refractivity contribution in [1.82, 2.24) is 34.7 Å². The van der Waals surface area contributed by atoms with Crippen LogP contribution in [0.3, 0.4) is 0 Å². The molecule has 0 aliphatic carbocycles. The Labute approximate surface area is 159 Å². The summed E-state index contributed by atoms with van der Waals surface area (Å²) in [5.74, 6) is 0. The Morgan fingerprint density at radius 2 is 2.00 bits per heavy atom. The second-order valence-corrected chi connectivity index (χ2v) is 6.40. The molecule has 8 heteroatoms. The molecule has 134 valence electrons. The van der Waals surface area contributed by atoms with Gasteiger partial charge in [0, 0.05) is 23.3 Å². The quantitative estimate of drug-likeness (QED) is 0.485. The molecular formula is C20H14N8. The average Bonchev–Trinajstić information content (AvgIpc) is 3.35. The largest absolute Gasteiger partial charge is 0.258 e. The first-order valence-electron chi connectivity index (χ1n) is 8.74. The van der Waals surface area contributed by atoms with Gasteiger partial charge in [-0.3, -0.25) is 9.67 Å². The van der Waals surface area contributed by atoms with Gasteiger partial charge < -0.3 is 0 Å². The van der Waals surface area contributed by atoms with Crippen LogP contribution in [0.15, 0.2) is 61.1 Å². The third kappa shape index (κ3) is 2.85. The molecule has 0 fully saturated rings. The fourth-order valence-electron chi connectivity index (χ4n) is 3.17. The highest BCUT2D eigenvalue weighted by Crippen LogP contribution is 2.20. The predicted molar refractivity (Wildman–Crippen MR) is 103 cm³/mol. The lowest BCUT2D eigenvalue weighted by atomic mass is 10.1. The van der Waals surface area contributed by atoms with Crippen LogP contribution in [0, 0.1) is 11.3 Å². The van der Waals surface area contributed by atoms with E-state index in [4.69, 9.17) is 10.2 Å². The van der Waals surface area contributed by atoms with Crippen LogP contribution >= 0.6 is 0 Å². The topological polar surface area (TPSA) is 98.1 Å². The molecule has 0 aliphatic rings. The van der Waals surface area contributed by atoms with E-state index in [-0.39, 0.29) is 6.54 Å². The summed E-state index contributed by atoms with van der Waals surface area (Å²) >= 11 is 0. The van der Waals surface area contributed by atoms with Crippen LogP contribution in [0.5, 0.6) is 0 Å². The Balaban J connectivity index is 1.51. The van der Waals surface area contributed by atoms with E-state index in [2.05, 4.69) is 32.5 Å². The highest BCUT2D eigenvalue weighted by atomic mass is 15.4. The molecule has 0 unspecified atom stereocenters. The summed E-state index contributed by atoms with van der Waals surface area (Å²) in [6.45, 7) is 0.768. The maximum atomic E-state index is 8.81. The van der Waals surface area contributed by atoms with Crippen molar-refractivity contribution in [2.45, 2.75) is 13.1 Å². The zero-order valence-electron chi connectivity index (χ0n) is 14.8. The molecule has 0 spiro atoms. The van der Waals surface area contributed by atoms with Gasteiger partial charge in [0.05, 0.1) is 30.0 Å². The second kappa shape index (κ2) is 6.55. The van der Waals surface area contributed by atoms with Crippen molar-refractivity contribution in [3.05, 3.63) is 66.6 Å². The molecule has 0 radical (unpaired) electrons. The smallest absolute Gasteiger partial charge is 0.179 e. The molecule has 8 nitrogen and oxygen atoms in total. The van der Waals surface area contributed by atoms with Crippen molar-refractivity contribution in [3.8, 4) is 17.3 Å². The Morgan fingerprint density at radius 3 is 2.93 bits per heavy atom. The Bertz CT molecular complexity index is 1340. The minimum absolute atomic E-state index is 0.207. The van der Waals surface area contributed by atoms with Crippen LogP contribution in [0.1, 0.15) is 5.56 Å². The van der Waals surface area contributed by atoms with Crippen molar-refractivity contribution >= 4 is 22.1 Å². The third-order valence-electron chi connectivity index (χ3n) is 4.52. The lowest BCUT2D eigenvalue weighted by Gasteiger charge is -2.05.